The van der Waals surface area contributed by atoms with Crippen LogP contribution in [0.25, 0.3) is 0 Å². The van der Waals surface area contributed by atoms with Crippen LogP contribution in [0.2, 0.25) is 0 Å². The van der Waals surface area contributed by atoms with Crippen LogP contribution in [-0.4, -0.2) is 21.2 Å². The molecule has 0 aromatic carbocycles. The van der Waals surface area contributed by atoms with Crippen molar-refractivity contribution in [3.63, 3.8) is 0 Å². The first-order valence-electron chi connectivity index (χ1n) is 6.60. The van der Waals surface area contributed by atoms with Gasteiger partial charge in [-0.05, 0) is 37.5 Å². The third-order valence-electron chi connectivity index (χ3n) is 3.87. The number of aromatic nitrogens is 2. The average Bonchev–Trinajstić information content (AvgIpc) is 2.76. The van der Waals surface area contributed by atoms with Gasteiger partial charge in [0, 0.05) is 5.92 Å². The molecule has 0 atom stereocenters. The molecule has 0 saturated heterocycles. The minimum atomic E-state index is -0.936. The van der Waals surface area contributed by atoms with Crippen molar-refractivity contribution in [1.29, 1.82) is 0 Å². The molecule has 1 fully saturated rings. The van der Waals surface area contributed by atoms with E-state index in [4.69, 9.17) is 9.63 Å². The van der Waals surface area contributed by atoms with E-state index in [9.17, 15) is 4.79 Å². The molecule has 5 nitrogen and oxygen atoms in total. The Balaban J connectivity index is 1.93. The maximum atomic E-state index is 10.5. The second-order valence-corrected chi connectivity index (χ2v) is 5.47. The molecule has 1 aromatic heterocycles. The normalized spacial score (nSPS) is 24.4. The maximum absolute atomic E-state index is 10.5. The summed E-state index contributed by atoms with van der Waals surface area (Å²) < 4.78 is 4.96. The lowest BCUT2D eigenvalue weighted by atomic mass is 9.77. The lowest BCUT2D eigenvalue weighted by Gasteiger charge is -2.29. The number of carboxylic acids is 1. The molecular formula is C13H20N2O3. The van der Waals surface area contributed by atoms with Crippen molar-refractivity contribution in [2.24, 2.45) is 11.8 Å². The van der Waals surface area contributed by atoms with Crippen molar-refractivity contribution >= 4 is 5.97 Å². The largest absolute Gasteiger partial charge is 0.481 e. The van der Waals surface area contributed by atoms with Crippen molar-refractivity contribution < 1.29 is 14.4 Å². The molecule has 1 aliphatic carbocycles. The van der Waals surface area contributed by atoms with Gasteiger partial charge in [-0.3, -0.25) is 4.79 Å². The van der Waals surface area contributed by atoms with Gasteiger partial charge in [0.2, 0.25) is 5.89 Å². The van der Waals surface area contributed by atoms with Crippen LogP contribution < -0.4 is 0 Å². The highest BCUT2D eigenvalue weighted by atomic mass is 16.5. The van der Waals surface area contributed by atoms with E-state index >= 15 is 0 Å². The first-order chi connectivity index (χ1) is 8.56. The average molecular weight is 252 g/mol. The van der Waals surface area contributed by atoms with Gasteiger partial charge in [0.15, 0.2) is 5.82 Å². The number of carboxylic acid groups (broad SMARTS) is 1. The molecule has 100 valence electrons. The van der Waals surface area contributed by atoms with E-state index in [0.29, 0.717) is 11.7 Å². The van der Waals surface area contributed by atoms with Gasteiger partial charge >= 0.3 is 5.97 Å². The van der Waals surface area contributed by atoms with Crippen LogP contribution in [-0.2, 0) is 11.2 Å². The molecule has 0 spiro atoms. The number of nitrogens with zero attached hydrogens (tertiary/aromatic N) is 2. The Hall–Kier alpha value is -1.39. The fourth-order valence-electron chi connectivity index (χ4n) is 2.68. The van der Waals surface area contributed by atoms with E-state index in [1.807, 2.05) is 0 Å². The summed E-state index contributed by atoms with van der Waals surface area (Å²) in [7, 11) is 0. The van der Waals surface area contributed by atoms with Crippen LogP contribution in [0.5, 0.6) is 0 Å². The van der Waals surface area contributed by atoms with Crippen molar-refractivity contribution in [2.75, 3.05) is 0 Å². The predicted octanol–water partition coefficient (Wildman–Crippen LogP) is 2.63. The minimum Gasteiger partial charge on any atom is -0.481 e. The number of aliphatic carboxylic acids is 1. The van der Waals surface area contributed by atoms with Crippen LogP contribution >= 0.6 is 0 Å². The van der Waals surface area contributed by atoms with Crippen molar-refractivity contribution in [1.82, 2.24) is 10.1 Å². The summed E-state index contributed by atoms with van der Waals surface area (Å²) in [4.78, 5) is 14.7. The summed E-state index contributed by atoms with van der Waals surface area (Å²) in [5.41, 5.74) is 0. The zero-order chi connectivity index (χ0) is 13.1. The second kappa shape index (κ2) is 5.50. The third-order valence-corrected chi connectivity index (χ3v) is 3.87. The van der Waals surface area contributed by atoms with Crippen LogP contribution in [0.1, 0.15) is 57.2 Å². The summed E-state index contributed by atoms with van der Waals surface area (Å²) in [6.07, 6.45) is 4.37. The molecule has 2 rings (SSSR count). The van der Waals surface area contributed by atoms with E-state index in [1.165, 1.54) is 12.8 Å². The van der Waals surface area contributed by atoms with Gasteiger partial charge in [0.1, 0.15) is 6.42 Å². The van der Waals surface area contributed by atoms with Crippen LogP contribution in [0.3, 0.4) is 0 Å². The van der Waals surface area contributed by atoms with E-state index in [2.05, 4.69) is 24.0 Å². The lowest BCUT2D eigenvalue weighted by molar-refractivity contribution is -0.136. The number of rotatable bonds is 4. The molecular weight excluding hydrogens is 232 g/mol. The molecule has 0 amide bonds. The Kier molecular flexibility index (Phi) is 3.99. The standard InChI is InChI=1S/C13H20N2O3/c1-8(2)9-3-5-10(6-4-9)13-14-11(18-15-13)7-12(16)17/h8-10H,3-7H2,1-2H3,(H,16,17). The van der Waals surface area contributed by atoms with Gasteiger partial charge in [0.25, 0.3) is 0 Å². The third kappa shape index (κ3) is 3.09. The van der Waals surface area contributed by atoms with Gasteiger partial charge in [-0.25, -0.2) is 0 Å². The topological polar surface area (TPSA) is 76.2 Å². The Labute approximate surface area is 107 Å². The zero-order valence-electron chi connectivity index (χ0n) is 10.9. The first-order valence-corrected chi connectivity index (χ1v) is 6.60. The Morgan fingerprint density at radius 3 is 2.61 bits per heavy atom. The predicted molar refractivity (Wildman–Crippen MR) is 65.2 cm³/mol. The van der Waals surface area contributed by atoms with E-state index in [-0.39, 0.29) is 12.3 Å². The summed E-state index contributed by atoms with van der Waals surface area (Å²) in [6, 6.07) is 0. The highest BCUT2D eigenvalue weighted by Crippen LogP contribution is 2.37. The molecule has 0 unspecified atom stereocenters. The molecule has 0 aliphatic heterocycles. The summed E-state index contributed by atoms with van der Waals surface area (Å²) in [6.45, 7) is 4.54. The van der Waals surface area contributed by atoms with Gasteiger partial charge in [-0.1, -0.05) is 19.0 Å². The second-order valence-electron chi connectivity index (χ2n) is 5.47. The first kappa shape index (κ1) is 13.1. The number of hydrogen-bond acceptors (Lipinski definition) is 4. The molecule has 5 heteroatoms. The van der Waals surface area contributed by atoms with Crippen molar-refractivity contribution in [3.05, 3.63) is 11.7 Å². The maximum Gasteiger partial charge on any atom is 0.312 e. The van der Waals surface area contributed by atoms with E-state index in [0.717, 1.165) is 24.7 Å². The summed E-state index contributed by atoms with van der Waals surface area (Å²) >= 11 is 0. The quantitative estimate of drug-likeness (QED) is 0.891. The fourth-order valence-corrected chi connectivity index (χ4v) is 2.68. The van der Waals surface area contributed by atoms with Crippen molar-refractivity contribution in [3.8, 4) is 0 Å². The van der Waals surface area contributed by atoms with Crippen LogP contribution in [0.4, 0.5) is 0 Å². The summed E-state index contributed by atoms with van der Waals surface area (Å²) in [5.74, 6) is 1.84. The lowest BCUT2D eigenvalue weighted by Crippen LogP contribution is -2.18. The SMILES string of the molecule is CC(C)C1CCC(c2noc(CC(=O)O)n2)CC1. The highest BCUT2D eigenvalue weighted by molar-refractivity contribution is 5.68. The number of hydrogen-bond donors (Lipinski definition) is 1. The van der Waals surface area contributed by atoms with Crippen LogP contribution in [0, 0.1) is 11.8 Å². The van der Waals surface area contributed by atoms with Gasteiger partial charge < -0.3 is 9.63 Å². The summed E-state index contributed by atoms with van der Waals surface area (Å²) in [5, 5.41) is 12.6. The Bertz CT molecular complexity index is 406. The zero-order valence-corrected chi connectivity index (χ0v) is 10.9. The van der Waals surface area contributed by atoms with Gasteiger partial charge in [0.05, 0.1) is 0 Å². The van der Waals surface area contributed by atoms with Crippen molar-refractivity contribution in [2.45, 2.75) is 51.9 Å². The molecule has 1 saturated carbocycles. The highest BCUT2D eigenvalue weighted by Gasteiger charge is 2.27. The minimum absolute atomic E-state index is 0.186. The van der Waals surface area contributed by atoms with Gasteiger partial charge in [-0.2, -0.15) is 4.98 Å². The molecule has 1 aliphatic rings. The van der Waals surface area contributed by atoms with E-state index < -0.39 is 5.97 Å². The molecule has 0 radical (unpaired) electrons. The molecule has 18 heavy (non-hydrogen) atoms. The Morgan fingerprint density at radius 2 is 2.06 bits per heavy atom. The number of carbonyl (C=O) groups is 1. The molecule has 1 N–H and O–H groups in total. The van der Waals surface area contributed by atoms with E-state index in [1.54, 1.807) is 0 Å². The molecule has 1 aromatic rings. The molecule has 0 bridgehead atoms. The van der Waals surface area contributed by atoms with Crippen LogP contribution in [0.15, 0.2) is 4.52 Å². The van der Waals surface area contributed by atoms with Gasteiger partial charge in [-0.15, -0.1) is 0 Å². The monoisotopic (exact) mass is 252 g/mol. The smallest absolute Gasteiger partial charge is 0.312 e. The Morgan fingerprint density at radius 1 is 1.39 bits per heavy atom. The molecule has 1 heterocycles. The fraction of sp³-hybridized carbons (Fsp3) is 0.769.